The number of pyridine rings is 1. The highest BCUT2D eigenvalue weighted by molar-refractivity contribution is 5.40. The Hall–Kier alpha value is -1.13. The standard InChI is InChI=1S/C13H22N2O2/c1-10(2)15(7-4-8-16)13-6-5-12(9-14-13)11(3)17/h5-6,9-11,16-17H,4,7-8H2,1-3H3/t11-/m1/s1. The quantitative estimate of drug-likeness (QED) is 0.792. The minimum absolute atomic E-state index is 0.189. The Bertz CT molecular complexity index is 323. The highest BCUT2D eigenvalue weighted by Gasteiger charge is 2.11. The average Bonchev–Trinajstić information content (AvgIpc) is 2.29. The van der Waals surface area contributed by atoms with Crippen LogP contribution in [0.2, 0.25) is 0 Å². The first-order valence-electron chi connectivity index (χ1n) is 6.07. The molecule has 4 heteroatoms. The Morgan fingerprint density at radius 1 is 1.29 bits per heavy atom. The van der Waals surface area contributed by atoms with Crippen LogP contribution in [0.25, 0.3) is 0 Å². The molecule has 0 bridgehead atoms. The van der Waals surface area contributed by atoms with Crippen molar-refractivity contribution in [2.24, 2.45) is 0 Å². The molecule has 0 aliphatic heterocycles. The van der Waals surface area contributed by atoms with Gasteiger partial charge in [0.1, 0.15) is 5.82 Å². The second-order valence-electron chi connectivity index (χ2n) is 4.49. The molecule has 2 N–H and O–H groups in total. The van der Waals surface area contributed by atoms with Gasteiger partial charge in [0.25, 0.3) is 0 Å². The molecule has 0 spiro atoms. The summed E-state index contributed by atoms with van der Waals surface area (Å²) in [5.41, 5.74) is 0.819. The van der Waals surface area contributed by atoms with Gasteiger partial charge in [0.05, 0.1) is 6.10 Å². The molecule has 1 atom stereocenters. The molecule has 96 valence electrons. The molecule has 0 aliphatic carbocycles. The largest absolute Gasteiger partial charge is 0.396 e. The predicted molar refractivity (Wildman–Crippen MR) is 69.1 cm³/mol. The molecule has 0 unspecified atom stereocenters. The number of rotatable bonds is 6. The maximum absolute atomic E-state index is 9.42. The molecule has 0 aromatic carbocycles. The summed E-state index contributed by atoms with van der Waals surface area (Å²) in [7, 11) is 0. The van der Waals surface area contributed by atoms with Crippen molar-refractivity contribution in [3.63, 3.8) is 0 Å². The molecule has 1 aromatic heterocycles. The van der Waals surface area contributed by atoms with Gasteiger partial charge >= 0.3 is 0 Å². The van der Waals surface area contributed by atoms with Crippen LogP contribution in [0.1, 0.15) is 38.9 Å². The molecule has 1 aromatic rings. The summed E-state index contributed by atoms with van der Waals surface area (Å²) in [6, 6.07) is 4.15. The molecular weight excluding hydrogens is 216 g/mol. The van der Waals surface area contributed by atoms with E-state index in [1.165, 1.54) is 0 Å². The Labute approximate surface area is 103 Å². The monoisotopic (exact) mass is 238 g/mol. The third kappa shape index (κ3) is 3.98. The van der Waals surface area contributed by atoms with E-state index in [1.807, 2.05) is 12.1 Å². The molecule has 17 heavy (non-hydrogen) atoms. The highest BCUT2D eigenvalue weighted by atomic mass is 16.3. The van der Waals surface area contributed by atoms with E-state index in [0.29, 0.717) is 6.04 Å². The summed E-state index contributed by atoms with van der Waals surface area (Å²) < 4.78 is 0. The van der Waals surface area contributed by atoms with E-state index in [1.54, 1.807) is 13.1 Å². The number of anilines is 1. The van der Waals surface area contributed by atoms with Gasteiger partial charge in [-0.1, -0.05) is 6.07 Å². The van der Waals surface area contributed by atoms with Crippen LogP contribution in [0.3, 0.4) is 0 Å². The van der Waals surface area contributed by atoms with Crippen LogP contribution in [0.15, 0.2) is 18.3 Å². The SMILES string of the molecule is CC(C)N(CCCO)c1ccc([C@@H](C)O)cn1. The number of aromatic nitrogens is 1. The van der Waals surface area contributed by atoms with Gasteiger partial charge in [0.15, 0.2) is 0 Å². The molecule has 0 saturated carbocycles. The van der Waals surface area contributed by atoms with E-state index in [9.17, 15) is 5.11 Å². The third-order valence-corrected chi connectivity index (χ3v) is 2.73. The summed E-state index contributed by atoms with van der Waals surface area (Å²) >= 11 is 0. The summed E-state index contributed by atoms with van der Waals surface area (Å²) in [6.07, 6.45) is 1.95. The maximum Gasteiger partial charge on any atom is 0.128 e. The average molecular weight is 238 g/mol. The molecule has 0 amide bonds. The van der Waals surface area contributed by atoms with E-state index in [4.69, 9.17) is 5.11 Å². The Morgan fingerprint density at radius 2 is 2.00 bits per heavy atom. The van der Waals surface area contributed by atoms with Crippen molar-refractivity contribution in [2.45, 2.75) is 39.3 Å². The molecule has 1 heterocycles. The maximum atomic E-state index is 9.42. The highest BCUT2D eigenvalue weighted by Crippen LogP contribution is 2.17. The fraction of sp³-hybridized carbons (Fsp3) is 0.615. The molecule has 1 rings (SSSR count). The Balaban J connectivity index is 2.80. The minimum atomic E-state index is -0.485. The van der Waals surface area contributed by atoms with Gasteiger partial charge in [-0.25, -0.2) is 4.98 Å². The lowest BCUT2D eigenvalue weighted by Crippen LogP contribution is -2.32. The smallest absolute Gasteiger partial charge is 0.128 e. The van der Waals surface area contributed by atoms with Gasteiger partial charge in [-0.15, -0.1) is 0 Å². The fourth-order valence-electron chi connectivity index (χ4n) is 1.69. The summed E-state index contributed by atoms with van der Waals surface area (Å²) in [4.78, 5) is 6.50. The fourth-order valence-corrected chi connectivity index (χ4v) is 1.69. The molecule has 0 saturated heterocycles. The van der Waals surface area contributed by atoms with Crippen LogP contribution in [0, 0.1) is 0 Å². The molecule has 4 nitrogen and oxygen atoms in total. The lowest BCUT2D eigenvalue weighted by Gasteiger charge is -2.27. The van der Waals surface area contributed by atoms with Crippen molar-refractivity contribution in [3.05, 3.63) is 23.9 Å². The van der Waals surface area contributed by atoms with Gasteiger partial charge in [0, 0.05) is 25.4 Å². The molecule has 0 radical (unpaired) electrons. The van der Waals surface area contributed by atoms with Gasteiger partial charge in [-0.2, -0.15) is 0 Å². The number of aliphatic hydroxyl groups excluding tert-OH is 2. The van der Waals surface area contributed by atoms with Crippen molar-refractivity contribution >= 4 is 5.82 Å². The lowest BCUT2D eigenvalue weighted by atomic mass is 10.2. The first-order chi connectivity index (χ1) is 8.06. The van der Waals surface area contributed by atoms with Gasteiger partial charge in [-0.05, 0) is 38.8 Å². The lowest BCUT2D eigenvalue weighted by molar-refractivity contribution is 0.199. The Morgan fingerprint density at radius 3 is 2.41 bits per heavy atom. The van der Waals surface area contributed by atoms with Crippen LogP contribution < -0.4 is 4.90 Å². The van der Waals surface area contributed by atoms with Crippen LogP contribution in [0.4, 0.5) is 5.82 Å². The van der Waals surface area contributed by atoms with Crippen LogP contribution in [0.5, 0.6) is 0 Å². The van der Waals surface area contributed by atoms with Gasteiger partial charge in [0.2, 0.25) is 0 Å². The summed E-state index contributed by atoms with van der Waals surface area (Å²) in [5.74, 6) is 0.887. The van der Waals surface area contributed by atoms with Crippen molar-refractivity contribution in [1.82, 2.24) is 4.98 Å². The zero-order chi connectivity index (χ0) is 12.8. The number of aliphatic hydroxyl groups is 2. The van der Waals surface area contributed by atoms with Crippen molar-refractivity contribution in [3.8, 4) is 0 Å². The van der Waals surface area contributed by atoms with E-state index < -0.39 is 6.10 Å². The van der Waals surface area contributed by atoms with Crippen LogP contribution in [-0.2, 0) is 0 Å². The topological polar surface area (TPSA) is 56.6 Å². The number of nitrogens with zero attached hydrogens (tertiary/aromatic N) is 2. The second-order valence-corrected chi connectivity index (χ2v) is 4.49. The zero-order valence-electron chi connectivity index (χ0n) is 10.8. The van der Waals surface area contributed by atoms with Crippen molar-refractivity contribution < 1.29 is 10.2 Å². The van der Waals surface area contributed by atoms with E-state index >= 15 is 0 Å². The number of hydrogen-bond donors (Lipinski definition) is 2. The van der Waals surface area contributed by atoms with Gasteiger partial charge in [-0.3, -0.25) is 0 Å². The molecule has 0 aliphatic rings. The Kier molecular flexibility index (Phi) is 5.38. The van der Waals surface area contributed by atoms with Crippen LogP contribution >= 0.6 is 0 Å². The van der Waals surface area contributed by atoms with Crippen LogP contribution in [-0.4, -0.2) is 34.4 Å². The van der Waals surface area contributed by atoms with E-state index in [2.05, 4.69) is 23.7 Å². The first kappa shape index (κ1) is 13.9. The minimum Gasteiger partial charge on any atom is -0.396 e. The van der Waals surface area contributed by atoms with E-state index in [0.717, 1.165) is 24.3 Å². The molecule has 0 fully saturated rings. The van der Waals surface area contributed by atoms with Gasteiger partial charge < -0.3 is 15.1 Å². The molecular formula is C13H22N2O2. The zero-order valence-corrected chi connectivity index (χ0v) is 10.8. The first-order valence-corrected chi connectivity index (χ1v) is 6.07. The number of hydrogen-bond acceptors (Lipinski definition) is 4. The summed E-state index contributed by atoms with van der Waals surface area (Å²) in [6.45, 7) is 6.90. The summed E-state index contributed by atoms with van der Waals surface area (Å²) in [5, 5.41) is 18.3. The van der Waals surface area contributed by atoms with Crippen molar-refractivity contribution in [1.29, 1.82) is 0 Å². The normalized spacial score (nSPS) is 12.8. The van der Waals surface area contributed by atoms with E-state index in [-0.39, 0.29) is 6.61 Å². The third-order valence-electron chi connectivity index (χ3n) is 2.73. The predicted octanol–water partition coefficient (Wildman–Crippen LogP) is 1.73. The second kappa shape index (κ2) is 6.57. The van der Waals surface area contributed by atoms with Crippen molar-refractivity contribution in [2.75, 3.05) is 18.1 Å².